The van der Waals surface area contributed by atoms with Crippen LogP contribution in [0.15, 0.2) is 59.8 Å². The summed E-state index contributed by atoms with van der Waals surface area (Å²) in [5, 5.41) is 3.12. The van der Waals surface area contributed by atoms with Crippen molar-refractivity contribution in [2.24, 2.45) is 0 Å². The Balaban J connectivity index is 1.67. The van der Waals surface area contributed by atoms with E-state index in [0.29, 0.717) is 22.1 Å². The van der Waals surface area contributed by atoms with Crippen LogP contribution in [0.1, 0.15) is 10.5 Å². The number of fused-ring (bicyclic) bond motifs is 2. The number of benzene rings is 2. The fourth-order valence-electron chi connectivity index (χ4n) is 2.41. The molecule has 2 N–H and O–H groups in total. The first kappa shape index (κ1) is 14.0. The van der Waals surface area contributed by atoms with Gasteiger partial charge < -0.3 is 10.3 Å². The molecule has 24 heavy (non-hydrogen) atoms. The van der Waals surface area contributed by atoms with Gasteiger partial charge in [0, 0.05) is 5.69 Å². The number of para-hydroxylation sites is 2. The summed E-state index contributed by atoms with van der Waals surface area (Å²) in [6.07, 6.45) is 2.76. The van der Waals surface area contributed by atoms with E-state index in [1.165, 1.54) is 12.5 Å². The maximum absolute atomic E-state index is 12.4. The maximum atomic E-state index is 12.4. The van der Waals surface area contributed by atoms with Gasteiger partial charge in [0.2, 0.25) is 0 Å². The van der Waals surface area contributed by atoms with Gasteiger partial charge in [-0.2, -0.15) is 0 Å². The fourth-order valence-corrected chi connectivity index (χ4v) is 2.41. The number of rotatable bonds is 2. The molecular weight excluding hydrogens is 306 g/mol. The Morgan fingerprint density at radius 2 is 1.83 bits per heavy atom. The Bertz CT molecular complexity index is 1140. The molecule has 0 saturated carbocycles. The standard InChI is InChI=1S/C17H11N5O2/c23-16-11-7-10(5-6-12(11)19-9-20-16)21-17(24)15-8-18-13-3-1-2-4-14(13)22-15/h1-9H,(H,21,24)(H,19,20,23). The molecule has 116 valence electrons. The van der Waals surface area contributed by atoms with Crippen molar-refractivity contribution < 1.29 is 4.79 Å². The van der Waals surface area contributed by atoms with Crippen molar-refractivity contribution in [3.05, 3.63) is 71.0 Å². The Hall–Kier alpha value is -3.61. The number of aromatic amines is 1. The monoisotopic (exact) mass is 317 g/mol. The van der Waals surface area contributed by atoms with E-state index in [4.69, 9.17) is 0 Å². The van der Waals surface area contributed by atoms with Crippen molar-refractivity contribution in [2.45, 2.75) is 0 Å². The minimum absolute atomic E-state index is 0.203. The first-order valence-corrected chi connectivity index (χ1v) is 7.21. The zero-order valence-corrected chi connectivity index (χ0v) is 12.4. The minimum Gasteiger partial charge on any atom is -0.321 e. The SMILES string of the molecule is O=C(Nc1ccc2nc[nH]c(=O)c2c1)c1cnc2ccccc2n1. The number of amides is 1. The number of nitrogens with zero attached hydrogens (tertiary/aromatic N) is 3. The summed E-state index contributed by atoms with van der Waals surface area (Å²) < 4.78 is 0. The highest BCUT2D eigenvalue weighted by Gasteiger charge is 2.10. The molecule has 0 bridgehead atoms. The summed E-state index contributed by atoms with van der Waals surface area (Å²) in [5.74, 6) is -0.395. The second kappa shape index (κ2) is 5.54. The van der Waals surface area contributed by atoms with Crippen molar-refractivity contribution >= 4 is 33.5 Å². The maximum Gasteiger partial charge on any atom is 0.275 e. The topological polar surface area (TPSA) is 101 Å². The van der Waals surface area contributed by atoms with Crippen molar-refractivity contribution in [2.75, 3.05) is 5.32 Å². The summed E-state index contributed by atoms with van der Waals surface area (Å²) in [6, 6.07) is 12.2. The molecule has 0 atom stereocenters. The number of hydrogen-bond acceptors (Lipinski definition) is 5. The van der Waals surface area contributed by atoms with Gasteiger partial charge in [-0.1, -0.05) is 12.1 Å². The molecular formula is C17H11N5O2. The average Bonchev–Trinajstić information content (AvgIpc) is 2.62. The fraction of sp³-hybridized carbons (Fsp3) is 0. The number of hydrogen-bond donors (Lipinski definition) is 2. The van der Waals surface area contributed by atoms with Gasteiger partial charge in [0.05, 0.1) is 34.5 Å². The highest BCUT2D eigenvalue weighted by Crippen LogP contribution is 2.15. The van der Waals surface area contributed by atoms with Gasteiger partial charge in [-0.15, -0.1) is 0 Å². The van der Waals surface area contributed by atoms with Crippen LogP contribution in [-0.2, 0) is 0 Å². The van der Waals surface area contributed by atoms with Crippen LogP contribution in [0, 0.1) is 0 Å². The molecule has 0 radical (unpaired) electrons. The smallest absolute Gasteiger partial charge is 0.275 e. The molecule has 1 amide bonds. The molecule has 0 saturated heterocycles. The van der Waals surface area contributed by atoms with Gasteiger partial charge in [-0.05, 0) is 30.3 Å². The summed E-state index contributed by atoms with van der Waals surface area (Å²) in [6.45, 7) is 0. The number of carbonyl (C=O) groups excluding carboxylic acids is 1. The van der Waals surface area contributed by atoms with E-state index < -0.39 is 5.91 Å². The Morgan fingerprint density at radius 3 is 2.71 bits per heavy atom. The zero-order chi connectivity index (χ0) is 16.5. The molecule has 0 spiro atoms. The van der Waals surface area contributed by atoms with E-state index >= 15 is 0 Å². The summed E-state index contributed by atoms with van der Waals surface area (Å²) in [5.41, 5.74) is 2.35. The lowest BCUT2D eigenvalue weighted by Gasteiger charge is -2.06. The Labute approximate surface area is 135 Å². The highest BCUT2D eigenvalue weighted by atomic mass is 16.2. The molecule has 2 aromatic carbocycles. The molecule has 0 unspecified atom stereocenters. The lowest BCUT2D eigenvalue weighted by molar-refractivity contribution is 0.102. The van der Waals surface area contributed by atoms with Gasteiger partial charge in [0.25, 0.3) is 11.5 Å². The van der Waals surface area contributed by atoms with Gasteiger partial charge in [0.1, 0.15) is 5.69 Å². The van der Waals surface area contributed by atoms with E-state index in [0.717, 1.165) is 5.52 Å². The number of carbonyl (C=O) groups is 1. The minimum atomic E-state index is -0.395. The van der Waals surface area contributed by atoms with E-state index in [-0.39, 0.29) is 11.3 Å². The molecule has 0 aliphatic heterocycles. The second-order valence-electron chi connectivity index (χ2n) is 5.16. The molecule has 0 aliphatic carbocycles. The molecule has 7 heteroatoms. The molecule has 2 heterocycles. The molecule has 4 aromatic rings. The van der Waals surface area contributed by atoms with Gasteiger partial charge in [-0.3, -0.25) is 14.6 Å². The summed E-state index contributed by atoms with van der Waals surface area (Å²) >= 11 is 0. The van der Waals surface area contributed by atoms with Crippen LogP contribution in [0.2, 0.25) is 0 Å². The largest absolute Gasteiger partial charge is 0.321 e. The van der Waals surface area contributed by atoms with Crippen molar-refractivity contribution in [1.82, 2.24) is 19.9 Å². The van der Waals surface area contributed by atoms with Crippen molar-refractivity contribution in [1.29, 1.82) is 0 Å². The summed E-state index contributed by atoms with van der Waals surface area (Å²) in [4.78, 5) is 39.3. The van der Waals surface area contributed by atoms with E-state index in [1.54, 1.807) is 24.3 Å². The molecule has 0 aliphatic rings. The van der Waals surface area contributed by atoms with Gasteiger partial charge in [0.15, 0.2) is 0 Å². The van der Waals surface area contributed by atoms with Gasteiger partial charge >= 0.3 is 0 Å². The number of nitrogens with one attached hydrogen (secondary N) is 2. The van der Waals surface area contributed by atoms with Crippen LogP contribution in [0.5, 0.6) is 0 Å². The van der Waals surface area contributed by atoms with Crippen molar-refractivity contribution in [3.8, 4) is 0 Å². The van der Waals surface area contributed by atoms with E-state index in [1.807, 2.05) is 18.2 Å². The first-order chi connectivity index (χ1) is 11.7. The van der Waals surface area contributed by atoms with E-state index in [2.05, 4.69) is 25.3 Å². The Morgan fingerprint density at radius 1 is 1.00 bits per heavy atom. The van der Waals surface area contributed by atoms with Crippen LogP contribution in [0.4, 0.5) is 5.69 Å². The first-order valence-electron chi connectivity index (χ1n) is 7.21. The third kappa shape index (κ3) is 2.48. The third-order valence-corrected chi connectivity index (χ3v) is 3.58. The third-order valence-electron chi connectivity index (χ3n) is 3.58. The normalized spacial score (nSPS) is 10.8. The average molecular weight is 317 g/mol. The lowest BCUT2D eigenvalue weighted by atomic mass is 10.2. The predicted molar refractivity (Wildman–Crippen MR) is 89.9 cm³/mol. The van der Waals surface area contributed by atoms with E-state index in [9.17, 15) is 9.59 Å². The highest BCUT2D eigenvalue weighted by molar-refractivity contribution is 6.04. The zero-order valence-electron chi connectivity index (χ0n) is 12.4. The number of H-pyrrole nitrogens is 1. The van der Waals surface area contributed by atoms with Crippen LogP contribution < -0.4 is 10.9 Å². The quantitative estimate of drug-likeness (QED) is 0.590. The molecule has 0 fully saturated rings. The van der Waals surface area contributed by atoms with Crippen LogP contribution in [0.25, 0.3) is 21.9 Å². The van der Waals surface area contributed by atoms with Crippen LogP contribution >= 0.6 is 0 Å². The molecule has 2 aromatic heterocycles. The second-order valence-corrected chi connectivity index (χ2v) is 5.16. The lowest BCUT2D eigenvalue weighted by Crippen LogP contribution is -2.15. The van der Waals surface area contributed by atoms with Crippen molar-refractivity contribution in [3.63, 3.8) is 0 Å². The predicted octanol–water partition coefficient (Wildman–Crippen LogP) is 2.12. The van der Waals surface area contributed by atoms with Gasteiger partial charge in [-0.25, -0.2) is 9.97 Å². The molecule has 4 rings (SSSR count). The number of anilines is 1. The summed E-state index contributed by atoms with van der Waals surface area (Å²) in [7, 11) is 0. The molecule has 7 nitrogen and oxygen atoms in total. The Kier molecular flexibility index (Phi) is 3.24. The van der Waals surface area contributed by atoms with Crippen LogP contribution in [-0.4, -0.2) is 25.8 Å². The number of aromatic nitrogens is 4. The van der Waals surface area contributed by atoms with Crippen LogP contribution in [0.3, 0.4) is 0 Å².